The summed E-state index contributed by atoms with van der Waals surface area (Å²) in [5.41, 5.74) is 0. The van der Waals surface area contributed by atoms with Gasteiger partial charge in [0.1, 0.15) is 0 Å². The highest BCUT2D eigenvalue weighted by Gasteiger charge is 2.41. The van der Waals surface area contributed by atoms with E-state index in [1.807, 2.05) is 0 Å². The monoisotopic (exact) mass is 211 g/mol. The highest BCUT2D eigenvalue weighted by Crippen LogP contribution is 2.34. The highest BCUT2D eigenvalue weighted by molar-refractivity contribution is 5.67. The topological polar surface area (TPSA) is 29.5 Å². The van der Waals surface area contributed by atoms with Crippen LogP contribution in [-0.4, -0.2) is 37.4 Å². The molecule has 1 aliphatic heterocycles. The molecule has 0 radical (unpaired) electrons. The van der Waals surface area contributed by atoms with Crippen LogP contribution in [0.3, 0.4) is 0 Å². The number of carbonyl (C=O) groups is 1. The molecule has 1 rings (SSSR count). The van der Waals surface area contributed by atoms with Crippen LogP contribution in [0.1, 0.15) is 12.8 Å². The number of alkyl halides is 3. The third kappa shape index (κ3) is 2.52. The number of piperidine rings is 1. The molecule has 1 heterocycles. The Balaban J connectivity index is 2.43. The number of nitrogens with zero attached hydrogens (tertiary/aromatic N) is 1. The number of halogens is 3. The zero-order valence-corrected chi connectivity index (χ0v) is 7.80. The highest BCUT2D eigenvalue weighted by atomic mass is 19.4. The number of hydrogen-bond donors (Lipinski definition) is 0. The van der Waals surface area contributed by atoms with Crippen LogP contribution in [0, 0.1) is 5.92 Å². The normalized spacial score (nSPS) is 19.6. The standard InChI is InChI=1S/C8H12F3NO2/c1-14-7(13)12-4-2-6(3-5-12)8(9,10)11/h6H,2-5H2,1H3. The summed E-state index contributed by atoms with van der Waals surface area (Å²) in [5.74, 6) is -1.27. The van der Waals surface area contributed by atoms with Gasteiger partial charge in [0.15, 0.2) is 0 Å². The summed E-state index contributed by atoms with van der Waals surface area (Å²) in [5, 5.41) is 0. The molecule has 0 atom stereocenters. The van der Waals surface area contributed by atoms with Crippen LogP contribution < -0.4 is 0 Å². The van der Waals surface area contributed by atoms with Crippen LogP contribution in [0.15, 0.2) is 0 Å². The van der Waals surface area contributed by atoms with Crippen molar-refractivity contribution in [3.8, 4) is 0 Å². The lowest BCUT2D eigenvalue weighted by Gasteiger charge is -2.31. The average molecular weight is 211 g/mol. The molecule has 1 saturated heterocycles. The second-order valence-electron chi connectivity index (χ2n) is 3.27. The van der Waals surface area contributed by atoms with E-state index in [1.165, 1.54) is 12.0 Å². The van der Waals surface area contributed by atoms with E-state index in [-0.39, 0.29) is 25.9 Å². The van der Waals surface area contributed by atoms with Gasteiger partial charge in [-0.3, -0.25) is 0 Å². The van der Waals surface area contributed by atoms with Crippen molar-refractivity contribution in [2.24, 2.45) is 5.92 Å². The molecular weight excluding hydrogens is 199 g/mol. The Morgan fingerprint density at radius 1 is 1.36 bits per heavy atom. The van der Waals surface area contributed by atoms with Gasteiger partial charge in [0.2, 0.25) is 0 Å². The first-order valence-corrected chi connectivity index (χ1v) is 4.34. The fourth-order valence-corrected chi connectivity index (χ4v) is 1.52. The van der Waals surface area contributed by atoms with Gasteiger partial charge in [-0.25, -0.2) is 4.79 Å². The summed E-state index contributed by atoms with van der Waals surface area (Å²) >= 11 is 0. The zero-order valence-electron chi connectivity index (χ0n) is 7.80. The maximum atomic E-state index is 12.2. The summed E-state index contributed by atoms with van der Waals surface area (Å²) in [6.45, 7) is 0.244. The first-order chi connectivity index (χ1) is 6.45. The molecule has 0 spiro atoms. The van der Waals surface area contributed by atoms with Crippen LogP contribution in [0.5, 0.6) is 0 Å². The lowest BCUT2D eigenvalue weighted by atomic mass is 9.97. The maximum absolute atomic E-state index is 12.2. The van der Waals surface area contributed by atoms with Gasteiger partial charge in [-0.1, -0.05) is 0 Å². The summed E-state index contributed by atoms with van der Waals surface area (Å²) in [7, 11) is 1.22. The van der Waals surface area contributed by atoms with Crippen molar-refractivity contribution in [1.29, 1.82) is 0 Å². The first kappa shape index (κ1) is 11.1. The van der Waals surface area contributed by atoms with Crippen molar-refractivity contribution in [2.75, 3.05) is 20.2 Å². The van der Waals surface area contributed by atoms with Crippen molar-refractivity contribution in [3.05, 3.63) is 0 Å². The van der Waals surface area contributed by atoms with E-state index in [9.17, 15) is 18.0 Å². The molecule has 6 heteroatoms. The van der Waals surface area contributed by atoms with Crippen LogP contribution in [0.2, 0.25) is 0 Å². The molecule has 0 aromatic heterocycles. The lowest BCUT2D eigenvalue weighted by Crippen LogP contribution is -2.42. The van der Waals surface area contributed by atoms with E-state index in [2.05, 4.69) is 4.74 Å². The zero-order chi connectivity index (χ0) is 10.8. The van der Waals surface area contributed by atoms with Crippen molar-refractivity contribution in [1.82, 2.24) is 4.90 Å². The summed E-state index contributed by atoms with van der Waals surface area (Å²) < 4.78 is 41.1. The van der Waals surface area contributed by atoms with Crippen molar-refractivity contribution >= 4 is 6.09 Å². The Morgan fingerprint density at radius 2 is 1.86 bits per heavy atom. The Kier molecular flexibility index (Phi) is 3.23. The smallest absolute Gasteiger partial charge is 0.409 e. The number of methoxy groups -OCH3 is 1. The van der Waals surface area contributed by atoms with Gasteiger partial charge < -0.3 is 9.64 Å². The second-order valence-corrected chi connectivity index (χ2v) is 3.27. The van der Waals surface area contributed by atoms with E-state index in [0.717, 1.165) is 0 Å². The lowest BCUT2D eigenvalue weighted by molar-refractivity contribution is -0.184. The van der Waals surface area contributed by atoms with E-state index >= 15 is 0 Å². The first-order valence-electron chi connectivity index (χ1n) is 4.34. The minimum Gasteiger partial charge on any atom is -0.453 e. The summed E-state index contributed by atoms with van der Waals surface area (Å²) in [6, 6.07) is 0. The molecule has 82 valence electrons. The Labute approximate surface area is 79.8 Å². The number of hydrogen-bond acceptors (Lipinski definition) is 2. The molecule has 1 fully saturated rings. The van der Waals surface area contributed by atoms with Crippen molar-refractivity contribution in [3.63, 3.8) is 0 Å². The molecular formula is C8H12F3NO2. The molecule has 0 unspecified atom stereocenters. The minimum atomic E-state index is -4.14. The number of likely N-dealkylation sites (tertiary alicyclic amines) is 1. The third-order valence-electron chi connectivity index (χ3n) is 2.39. The number of ether oxygens (including phenoxy) is 1. The van der Waals surface area contributed by atoms with Gasteiger partial charge in [0, 0.05) is 13.1 Å². The Hall–Kier alpha value is -0.940. The van der Waals surface area contributed by atoms with Crippen LogP contribution in [0.25, 0.3) is 0 Å². The quantitative estimate of drug-likeness (QED) is 0.613. The van der Waals surface area contributed by atoms with Gasteiger partial charge in [0.05, 0.1) is 13.0 Å². The van der Waals surface area contributed by atoms with Crippen LogP contribution in [0.4, 0.5) is 18.0 Å². The fourth-order valence-electron chi connectivity index (χ4n) is 1.52. The second kappa shape index (κ2) is 4.06. The van der Waals surface area contributed by atoms with Crippen LogP contribution >= 0.6 is 0 Å². The van der Waals surface area contributed by atoms with E-state index in [4.69, 9.17) is 0 Å². The number of carbonyl (C=O) groups excluding carboxylic acids is 1. The van der Waals surface area contributed by atoms with Crippen molar-refractivity contribution in [2.45, 2.75) is 19.0 Å². The van der Waals surface area contributed by atoms with Gasteiger partial charge in [-0.05, 0) is 12.8 Å². The molecule has 3 nitrogen and oxygen atoms in total. The van der Waals surface area contributed by atoms with Crippen molar-refractivity contribution < 1.29 is 22.7 Å². The van der Waals surface area contributed by atoms with Gasteiger partial charge >= 0.3 is 12.3 Å². The summed E-state index contributed by atoms with van der Waals surface area (Å²) in [6.07, 6.45) is -4.75. The largest absolute Gasteiger partial charge is 0.453 e. The fraction of sp³-hybridized carbons (Fsp3) is 0.875. The molecule has 0 aromatic carbocycles. The molecule has 0 saturated carbocycles. The SMILES string of the molecule is COC(=O)N1CCC(C(F)(F)F)CC1. The van der Waals surface area contributed by atoms with E-state index < -0.39 is 18.2 Å². The Bertz CT molecular complexity index is 209. The van der Waals surface area contributed by atoms with E-state index in [0.29, 0.717) is 0 Å². The third-order valence-corrected chi connectivity index (χ3v) is 2.39. The molecule has 1 aliphatic rings. The van der Waals surface area contributed by atoms with E-state index in [1.54, 1.807) is 0 Å². The predicted molar refractivity (Wildman–Crippen MR) is 42.8 cm³/mol. The molecule has 0 aromatic rings. The minimum absolute atomic E-state index is 0.0292. The summed E-state index contributed by atoms with van der Waals surface area (Å²) in [4.78, 5) is 12.2. The predicted octanol–water partition coefficient (Wildman–Crippen LogP) is 2.03. The maximum Gasteiger partial charge on any atom is 0.409 e. The van der Waals surface area contributed by atoms with Gasteiger partial charge in [0.25, 0.3) is 0 Å². The number of rotatable bonds is 0. The van der Waals surface area contributed by atoms with Crippen LogP contribution in [-0.2, 0) is 4.74 Å². The molecule has 0 N–H and O–H groups in total. The van der Waals surface area contributed by atoms with Gasteiger partial charge in [-0.2, -0.15) is 13.2 Å². The molecule has 0 aliphatic carbocycles. The van der Waals surface area contributed by atoms with Gasteiger partial charge in [-0.15, -0.1) is 0 Å². The molecule has 0 bridgehead atoms. The number of amides is 1. The average Bonchev–Trinajstić information content (AvgIpc) is 2.15. The Morgan fingerprint density at radius 3 is 2.21 bits per heavy atom. The molecule has 1 amide bonds. The molecule has 14 heavy (non-hydrogen) atoms.